The second kappa shape index (κ2) is 7.94. The van der Waals surface area contributed by atoms with Crippen LogP contribution in [-0.2, 0) is 22.0 Å². The van der Waals surface area contributed by atoms with Crippen molar-refractivity contribution in [3.8, 4) is 0 Å². The molecule has 1 aromatic carbocycles. The van der Waals surface area contributed by atoms with Crippen molar-refractivity contribution in [2.75, 3.05) is 39.3 Å². The molecule has 0 atom stereocenters. The second-order valence-corrected chi connectivity index (χ2v) is 14.4. The fourth-order valence-electron chi connectivity index (χ4n) is 6.82. The maximum Gasteiger partial charge on any atom is 0.501 e. The average molecular weight is 567 g/mol. The quantitative estimate of drug-likeness (QED) is 0.569. The molecule has 2 aromatic rings. The number of carbonyl (C=O) groups is 1. The fourth-order valence-corrected chi connectivity index (χ4v) is 7.58. The lowest BCUT2D eigenvalue weighted by atomic mass is 9.57. The summed E-state index contributed by atoms with van der Waals surface area (Å²) in [5.74, 6) is 1.63. The van der Waals surface area contributed by atoms with Gasteiger partial charge >= 0.3 is 11.5 Å². The zero-order valence-electron chi connectivity index (χ0n) is 21.1. The summed E-state index contributed by atoms with van der Waals surface area (Å²) in [4.78, 5) is 22.6. The Hall–Kier alpha value is -2.71. The molecule has 1 aromatic heterocycles. The molecule has 39 heavy (non-hydrogen) atoms. The number of H-pyrrole nitrogens is 1. The van der Waals surface area contributed by atoms with Gasteiger partial charge in [0, 0.05) is 62.6 Å². The number of benzene rings is 1. The third-order valence-electron chi connectivity index (χ3n) is 9.10. The van der Waals surface area contributed by atoms with Crippen LogP contribution in [0, 0.1) is 10.8 Å². The van der Waals surface area contributed by atoms with E-state index < -0.39 is 25.8 Å². The Labute approximate surface area is 223 Å². The first-order valence-electron chi connectivity index (χ1n) is 13.1. The van der Waals surface area contributed by atoms with Crippen LogP contribution in [0.25, 0.3) is 0 Å². The third-order valence-corrected chi connectivity index (χ3v) is 10.6. The van der Waals surface area contributed by atoms with E-state index >= 15 is 0 Å². The molecule has 0 bridgehead atoms. The van der Waals surface area contributed by atoms with E-state index in [4.69, 9.17) is 0 Å². The topological polar surface area (TPSA) is 123 Å². The Morgan fingerprint density at radius 3 is 2.15 bits per heavy atom. The number of aromatic nitrogens is 3. The lowest BCUT2D eigenvalue weighted by Crippen LogP contribution is -2.75. The molecule has 3 saturated heterocycles. The molecule has 0 unspecified atom stereocenters. The van der Waals surface area contributed by atoms with Crippen molar-refractivity contribution in [1.82, 2.24) is 29.9 Å². The Bertz CT molecular complexity index is 1410. The molecule has 210 valence electrons. The van der Waals surface area contributed by atoms with Crippen LogP contribution in [0.15, 0.2) is 29.2 Å². The van der Waals surface area contributed by atoms with Crippen molar-refractivity contribution >= 4 is 15.9 Å². The molecule has 4 heterocycles. The van der Waals surface area contributed by atoms with E-state index in [1.54, 1.807) is 0 Å². The highest BCUT2D eigenvalue weighted by molar-refractivity contribution is 7.92. The van der Waals surface area contributed by atoms with E-state index in [0.717, 1.165) is 62.5 Å². The summed E-state index contributed by atoms with van der Waals surface area (Å²) < 4.78 is 61.2. The van der Waals surface area contributed by atoms with E-state index in [1.165, 1.54) is 12.1 Å². The maximum absolute atomic E-state index is 12.9. The van der Waals surface area contributed by atoms with Gasteiger partial charge in [0.25, 0.3) is 9.84 Å². The van der Waals surface area contributed by atoms with Gasteiger partial charge in [-0.15, -0.1) is 0 Å². The standard InChI is InChI=1S/C25H29F3N6O4S/c26-25(27,28)39(37,38)18-3-1-16(2-4-18)9-32-10-23(11-32)14-34(15-23)21(35)33-12-22(13-33)7-17(8-22)19-29-20(31-30-19)24(36)5-6-24/h1-4,17,36H,5-15H2,(H,29,30,31). The second-order valence-electron chi connectivity index (χ2n) is 12.4. The van der Waals surface area contributed by atoms with Crippen LogP contribution in [-0.4, -0.2) is 94.2 Å². The summed E-state index contributed by atoms with van der Waals surface area (Å²) in [6.45, 7) is 5.00. The summed E-state index contributed by atoms with van der Waals surface area (Å²) in [5.41, 5.74) is -5.18. The molecule has 5 aliphatic rings. The normalized spacial score (nSPS) is 25.1. The van der Waals surface area contributed by atoms with Gasteiger partial charge in [0.2, 0.25) is 0 Å². The van der Waals surface area contributed by atoms with Gasteiger partial charge in [0.05, 0.1) is 4.90 Å². The number of nitrogens with one attached hydrogen (secondary N) is 1. The lowest BCUT2D eigenvalue weighted by Gasteiger charge is -2.63. The van der Waals surface area contributed by atoms with Crippen molar-refractivity contribution in [2.45, 2.75) is 54.2 Å². The first kappa shape index (κ1) is 25.3. The molecule has 2 N–H and O–H groups in total. The minimum Gasteiger partial charge on any atom is -0.382 e. The van der Waals surface area contributed by atoms with E-state index in [-0.39, 0.29) is 16.9 Å². The molecular formula is C25H29F3N6O4S. The van der Waals surface area contributed by atoms with Gasteiger partial charge in [-0.3, -0.25) is 10.00 Å². The van der Waals surface area contributed by atoms with Crippen molar-refractivity contribution in [1.29, 1.82) is 0 Å². The number of amides is 2. The van der Waals surface area contributed by atoms with Gasteiger partial charge in [-0.05, 0) is 43.4 Å². The number of alkyl halides is 3. The number of urea groups is 1. The van der Waals surface area contributed by atoms with Crippen LogP contribution < -0.4 is 0 Å². The highest BCUT2D eigenvalue weighted by atomic mass is 32.2. The molecule has 2 saturated carbocycles. The molecule has 10 nitrogen and oxygen atoms in total. The lowest BCUT2D eigenvalue weighted by molar-refractivity contribution is -0.116. The molecule has 5 fully saturated rings. The number of carbonyl (C=O) groups excluding carboxylic acids is 1. The Kier molecular flexibility index (Phi) is 5.14. The van der Waals surface area contributed by atoms with Crippen LogP contribution in [0.4, 0.5) is 18.0 Å². The molecule has 2 spiro atoms. The average Bonchev–Trinajstić information content (AvgIpc) is 3.32. The van der Waals surface area contributed by atoms with Crippen LogP contribution in [0.2, 0.25) is 0 Å². The molecule has 2 amide bonds. The number of rotatable bonds is 5. The summed E-state index contributed by atoms with van der Waals surface area (Å²) in [7, 11) is -5.34. The van der Waals surface area contributed by atoms with Gasteiger partial charge in [0.15, 0.2) is 5.82 Å². The predicted molar refractivity (Wildman–Crippen MR) is 130 cm³/mol. The molecule has 3 aliphatic heterocycles. The number of hydrogen-bond acceptors (Lipinski definition) is 7. The predicted octanol–water partition coefficient (Wildman–Crippen LogP) is 2.20. The first-order chi connectivity index (χ1) is 18.3. The van der Waals surface area contributed by atoms with Crippen LogP contribution in [0.1, 0.15) is 48.8 Å². The summed E-state index contributed by atoms with van der Waals surface area (Å²) in [5, 5.41) is 17.3. The SMILES string of the molecule is O=C(N1CC2(CC(c3nc(C4(O)CC4)n[nH]3)C2)C1)N1CC2(CN(Cc3ccc(S(=O)(=O)C(F)(F)F)cc3)C2)C1. The Morgan fingerprint density at radius 1 is 1.00 bits per heavy atom. The van der Waals surface area contributed by atoms with Crippen molar-refractivity contribution in [2.24, 2.45) is 10.8 Å². The highest BCUT2D eigenvalue weighted by Gasteiger charge is 2.59. The van der Waals surface area contributed by atoms with Gasteiger partial charge in [-0.2, -0.15) is 18.3 Å². The number of likely N-dealkylation sites (tertiary alicyclic amines) is 3. The van der Waals surface area contributed by atoms with Gasteiger partial charge in [0.1, 0.15) is 11.4 Å². The smallest absolute Gasteiger partial charge is 0.382 e. The highest BCUT2D eigenvalue weighted by Crippen LogP contribution is 2.56. The van der Waals surface area contributed by atoms with Gasteiger partial charge in [-0.25, -0.2) is 18.2 Å². The van der Waals surface area contributed by atoms with Crippen molar-refractivity contribution < 1.29 is 31.5 Å². The van der Waals surface area contributed by atoms with E-state index in [1.807, 2.05) is 9.80 Å². The zero-order chi connectivity index (χ0) is 27.4. The van der Waals surface area contributed by atoms with Crippen LogP contribution in [0.5, 0.6) is 0 Å². The molecule has 0 radical (unpaired) electrons. The molecular weight excluding hydrogens is 537 g/mol. The Morgan fingerprint density at radius 2 is 1.59 bits per heavy atom. The number of aromatic amines is 1. The Balaban J connectivity index is 0.842. The monoisotopic (exact) mass is 566 g/mol. The van der Waals surface area contributed by atoms with E-state index in [2.05, 4.69) is 20.1 Å². The summed E-state index contributed by atoms with van der Waals surface area (Å²) in [6, 6.07) is 4.92. The number of sulfone groups is 1. The van der Waals surface area contributed by atoms with Crippen molar-refractivity contribution in [3.05, 3.63) is 41.5 Å². The van der Waals surface area contributed by atoms with Gasteiger partial charge in [-0.1, -0.05) is 12.1 Å². The van der Waals surface area contributed by atoms with Crippen LogP contribution >= 0.6 is 0 Å². The fraction of sp³-hybridized carbons (Fsp3) is 0.640. The number of aliphatic hydroxyl groups is 1. The van der Waals surface area contributed by atoms with Crippen molar-refractivity contribution in [3.63, 3.8) is 0 Å². The molecule has 2 aliphatic carbocycles. The van der Waals surface area contributed by atoms with E-state index in [0.29, 0.717) is 44.2 Å². The zero-order valence-corrected chi connectivity index (χ0v) is 21.9. The van der Waals surface area contributed by atoms with Gasteiger partial charge < -0.3 is 14.9 Å². The summed E-state index contributed by atoms with van der Waals surface area (Å²) >= 11 is 0. The molecule has 14 heteroatoms. The third kappa shape index (κ3) is 4.05. The molecule has 7 rings (SSSR count). The largest absolute Gasteiger partial charge is 0.501 e. The minimum atomic E-state index is -5.34. The number of nitrogens with zero attached hydrogens (tertiary/aromatic N) is 5. The number of hydrogen-bond donors (Lipinski definition) is 2. The minimum absolute atomic E-state index is 0.0644. The van der Waals surface area contributed by atoms with E-state index in [9.17, 15) is 31.5 Å². The number of halogens is 3. The summed E-state index contributed by atoms with van der Waals surface area (Å²) in [6.07, 6.45) is 3.35. The maximum atomic E-state index is 12.9. The first-order valence-corrected chi connectivity index (χ1v) is 14.6. The van der Waals surface area contributed by atoms with Crippen LogP contribution in [0.3, 0.4) is 0 Å².